The van der Waals surface area contributed by atoms with E-state index in [1.807, 2.05) is 12.3 Å². The molecule has 2 rings (SSSR count). The molecule has 0 radical (unpaired) electrons. The van der Waals surface area contributed by atoms with E-state index in [4.69, 9.17) is 0 Å². The molecule has 1 fully saturated rings. The Labute approximate surface area is 83.8 Å². The second-order valence-corrected chi connectivity index (χ2v) is 3.61. The molecule has 0 spiro atoms. The van der Waals surface area contributed by atoms with Crippen LogP contribution in [0, 0.1) is 0 Å². The maximum atomic E-state index is 10.5. The van der Waals surface area contributed by atoms with Crippen molar-refractivity contribution < 1.29 is 4.79 Å². The molecule has 3 heteroatoms. The van der Waals surface area contributed by atoms with Gasteiger partial charge in [0.05, 0.1) is 6.54 Å². The molecular formula is C11H14N2O. The van der Waals surface area contributed by atoms with E-state index in [0.717, 1.165) is 19.3 Å². The van der Waals surface area contributed by atoms with Crippen LogP contribution in [0.25, 0.3) is 0 Å². The molecule has 1 saturated heterocycles. The van der Waals surface area contributed by atoms with Crippen molar-refractivity contribution >= 4 is 6.29 Å². The Morgan fingerprint density at radius 2 is 2.57 bits per heavy atom. The first-order valence-corrected chi connectivity index (χ1v) is 4.99. The SMILES string of the molecule is O=CCN1CCCC1c1cccnc1. The number of pyridine rings is 1. The van der Waals surface area contributed by atoms with Crippen molar-refractivity contribution in [3.8, 4) is 0 Å². The predicted molar refractivity (Wildman–Crippen MR) is 53.8 cm³/mol. The zero-order valence-corrected chi connectivity index (χ0v) is 8.10. The molecule has 0 amide bonds. The summed E-state index contributed by atoms with van der Waals surface area (Å²) in [6.07, 6.45) is 6.97. The molecular weight excluding hydrogens is 176 g/mol. The summed E-state index contributed by atoms with van der Waals surface area (Å²) in [5, 5.41) is 0. The zero-order valence-electron chi connectivity index (χ0n) is 8.10. The summed E-state index contributed by atoms with van der Waals surface area (Å²) in [7, 11) is 0. The lowest BCUT2D eigenvalue weighted by molar-refractivity contribution is -0.109. The van der Waals surface area contributed by atoms with Gasteiger partial charge >= 0.3 is 0 Å². The van der Waals surface area contributed by atoms with E-state index in [1.54, 1.807) is 6.20 Å². The fourth-order valence-corrected chi connectivity index (χ4v) is 2.09. The van der Waals surface area contributed by atoms with E-state index < -0.39 is 0 Å². The topological polar surface area (TPSA) is 33.2 Å². The molecule has 1 aliphatic rings. The van der Waals surface area contributed by atoms with E-state index in [2.05, 4.69) is 16.0 Å². The summed E-state index contributed by atoms with van der Waals surface area (Å²) >= 11 is 0. The standard InChI is InChI=1S/C11H14N2O/c14-8-7-13-6-2-4-11(13)10-3-1-5-12-9-10/h1,3,5,8-9,11H,2,4,6-7H2. The van der Waals surface area contributed by atoms with Gasteiger partial charge in [-0.3, -0.25) is 9.88 Å². The van der Waals surface area contributed by atoms with Gasteiger partial charge in [0, 0.05) is 18.4 Å². The molecule has 0 N–H and O–H groups in total. The third kappa shape index (κ3) is 1.82. The molecule has 1 unspecified atom stereocenters. The van der Waals surface area contributed by atoms with E-state index in [9.17, 15) is 4.79 Å². The van der Waals surface area contributed by atoms with Crippen molar-refractivity contribution in [3.63, 3.8) is 0 Å². The van der Waals surface area contributed by atoms with Crippen molar-refractivity contribution in [2.75, 3.05) is 13.1 Å². The molecule has 1 aromatic heterocycles. The number of aldehydes is 1. The van der Waals surface area contributed by atoms with Crippen molar-refractivity contribution in [2.24, 2.45) is 0 Å². The molecule has 2 heterocycles. The number of hydrogen-bond acceptors (Lipinski definition) is 3. The summed E-state index contributed by atoms with van der Waals surface area (Å²) in [6, 6.07) is 4.43. The summed E-state index contributed by atoms with van der Waals surface area (Å²) in [6.45, 7) is 1.57. The van der Waals surface area contributed by atoms with Crippen LogP contribution in [0.5, 0.6) is 0 Å². The van der Waals surface area contributed by atoms with Gasteiger partial charge < -0.3 is 4.79 Å². The molecule has 0 aromatic carbocycles. The first kappa shape index (κ1) is 9.34. The Kier molecular flexibility index (Phi) is 2.89. The first-order valence-electron chi connectivity index (χ1n) is 4.99. The second kappa shape index (κ2) is 4.33. The fraction of sp³-hybridized carbons (Fsp3) is 0.455. The number of likely N-dealkylation sites (tertiary alicyclic amines) is 1. The lowest BCUT2D eigenvalue weighted by atomic mass is 10.1. The van der Waals surface area contributed by atoms with Gasteiger partial charge in [-0.1, -0.05) is 6.07 Å². The van der Waals surface area contributed by atoms with E-state index >= 15 is 0 Å². The molecule has 1 aliphatic heterocycles. The van der Waals surface area contributed by atoms with Gasteiger partial charge in [0.25, 0.3) is 0 Å². The zero-order chi connectivity index (χ0) is 9.80. The molecule has 74 valence electrons. The predicted octanol–water partition coefficient (Wildman–Crippen LogP) is 1.42. The summed E-state index contributed by atoms with van der Waals surface area (Å²) in [5.74, 6) is 0. The monoisotopic (exact) mass is 190 g/mol. The molecule has 0 bridgehead atoms. The molecule has 14 heavy (non-hydrogen) atoms. The average Bonchev–Trinajstić information content (AvgIpc) is 2.68. The van der Waals surface area contributed by atoms with Crippen LogP contribution in [0.15, 0.2) is 24.5 Å². The highest BCUT2D eigenvalue weighted by Gasteiger charge is 2.25. The van der Waals surface area contributed by atoms with Crippen LogP contribution in [0.3, 0.4) is 0 Å². The van der Waals surface area contributed by atoms with Crippen molar-refractivity contribution in [3.05, 3.63) is 30.1 Å². The summed E-state index contributed by atoms with van der Waals surface area (Å²) in [5.41, 5.74) is 1.23. The number of rotatable bonds is 3. The third-order valence-electron chi connectivity index (χ3n) is 2.74. The van der Waals surface area contributed by atoms with Gasteiger partial charge in [0.15, 0.2) is 0 Å². The first-order chi connectivity index (χ1) is 6.92. The average molecular weight is 190 g/mol. The van der Waals surface area contributed by atoms with Crippen molar-refractivity contribution in [1.82, 2.24) is 9.88 Å². The Bertz CT molecular complexity index is 299. The van der Waals surface area contributed by atoms with Crippen LogP contribution < -0.4 is 0 Å². The van der Waals surface area contributed by atoms with Crippen LogP contribution in [-0.4, -0.2) is 29.3 Å². The Hall–Kier alpha value is -1.22. The van der Waals surface area contributed by atoms with Gasteiger partial charge in [-0.15, -0.1) is 0 Å². The lowest BCUT2D eigenvalue weighted by Crippen LogP contribution is -2.25. The Balaban J connectivity index is 2.13. The molecule has 0 aliphatic carbocycles. The van der Waals surface area contributed by atoms with Crippen LogP contribution in [0.1, 0.15) is 24.4 Å². The third-order valence-corrected chi connectivity index (χ3v) is 2.74. The van der Waals surface area contributed by atoms with E-state index in [0.29, 0.717) is 12.6 Å². The number of nitrogens with zero attached hydrogens (tertiary/aromatic N) is 2. The summed E-state index contributed by atoms with van der Waals surface area (Å²) in [4.78, 5) is 16.8. The van der Waals surface area contributed by atoms with E-state index in [1.165, 1.54) is 12.0 Å². The maximum absolute atomic E-state index is 10.5. The number of carbonyl (C=O) groups is 1. The van der Waals surface area contributed by atoms with Gasteiger partial charge in [-0.2, -0.15) is 0 Å². The number of hydrogen-bond donors (Lipinski definition) is 0. The maximum Gasteiger partial charge on any atom is 0.134 e. The van der Waals surface area contributed by atoms with Gasteiger partial charge in [-0.05, 0) is 31.0 Å². The number of aromatic nitrogens is 1. The molecule has 1 atom stereocenters. The fourth-order valence-electron chi connectivity index (χ4n) is 2.09. The van der Waals surface area contributed by atoms with Crippen LogP contribution in [-0.2, 0) is 4.79 Å². The molecule has 3 nitrogen and oxygen atoms in total. The van der Waals surface area contributed by atoms with Crippen LogP contribution >= 0.6 is 0 Å². The number of carbonyl (C=O) groups excluding carboxylic acids is 1. The minimum Gasteiger partial charge on any atom is -0.302 e. The highest BCUT2D eigenvalue weighted by molar-refractivity contribution is 5.52. The lowest BCUT2D eigenvalue weighted by Gasteiger charge is -2.21. The van der Waals surface area contributed by atoms with Crippen LogP contribution in [0.2, 0.25) is 0 Å². The largest absolute Gasteiger partial charge is 0.302 e. The van der Waals surface area contributed by atoms with Crippen molar-refractivity contribution in [2.45, 2.75) is 18.9 Å². The normalized spacial score (nSPS) is 22.4. The van der Waals surface area contributed by atoms with Crippen molar-refractivity contribution in [1.29, 1.82) is 0 Å². The van der Waals surface area contributed by atoms with Crippen LogP contribution in [0.4, 0.5) is 0 Å². The highest BCUT2D eigenvalue weighted by atomic mass is 16.1. The highest BCUT2D eigenvalue weighted by Crippen LogP contribution is 2.30. The minimum absolute atomic E-state index is 0.397. The van der Waals surface area contributed by atoms with E-state index in [-0.39, 0.29) is 0 Å². The minimum atomic E-state index is 0.397. The Morgan fingerprint density at radius 3 is 3.29 bits per heavy atom. The van der Waals surface area contributed by atoms with Gasteiger partial charge in [0.1, 0.15) is 6.29 Å². The Morgan fingerprint density at radius 1 is 1.64 bits per heavy atom. The second-order valence-electron chi connectivity index (χ2n) is 3.61. The molecule has 0 saturated carbocycles. The summed E-state index contributed by atoms with van der Waals surface area (Å²) < 4.78 is 0. The van der Waals surface area contributed by atoms with Gasteiger partial charge in [-0.25, -0.2) is 0 Å². The molecule has 1 aromatic rings. The van der Waals surface area contributed by atoms with Gasteiger partial charge in [0.2, 0.25) is 0 Å². The quantitative estimate of drug-likeness (QED) is 0.676. The smallest absolute Gasteiger partial charge is 0.134 e.